The lowest BCUT2D eigenvalue weighted by Gasteiger charge is -2.06. The molecule has 5 nitrogen and oxygen atoms in total. The largest absolute Gasteiger partial charge is 0.477 e. The molecule has 0 spiro atoms. The molecule has 0 radical (unpaired) electrons. The van der Waals surface area contributed by atoms with Crippen molar-refractivity contribution in [3.63, 3.8) is 0 Å². The highest BCUT2D eigenvalue weighted by Gasteiger charge is 2.12. The fourth-order valence-electron chi connectivity index (χ4n) is 1.35. The number of aryl methyl sites for hydroxylation is 1. The van der Waals surface area contributed by atoms with Crippen LogP contribution in [0.2, 0.25) is 0 Å². The number of carboxylic acid groups (broad SMARTS) is 1. The van der Waals surface area contributed by atoms with Gasteiger partial charge in [0.15, 0.2) is 17.3 Å². The van der Waals surface area contributed by atoms with Gasteiger partial charge in [-0.05, 0) is 25.1 Å². The molecule has 0 fully saturated rings. The Hall–Kier alpha value is -2.57. The van der Waals surface area contributed by atoms with Gasteiger partial charge in [0.1, 0.15) is 5.82 Å². The number of halogens is 2. The normalized spacial score (nSPS) is 10.3. The Bertz CT molecular complexity index is 647. The number of ether oxygens (including phenoxy) is 1. The highest BCUT2D eigenvalue weighted by Crippen LogP contribution is 2.22. The molecule has 0 amide bonds. The van der Waals surface area contributed by atoms with Gasteiger partial charge in [-0.2, -0.15) is 4.98 Å². The second-order valence-corrected chi connectivity index (χ2v) is 3.66. The van der Waals surface area contributed by atoms with Gasteiger partial charge in [-0.25, -0.2) is 18.6 Å². The Morgan fingerprint density at radius 3 is 2.63 bits per heavy atom. The van der Waals surface area contributed by atoms with Gasteiger partial charge in [0.05, 0.1) is 0 Å². The zero-order valence-corrected chi connectivity index (χ0v) is 9.72. The smallest absolute Gasteiger partial charge is 0.354 e. The summed E-state index contributed by atoms with van der Waals surface area (Å²) >= 11 is 0. The van der Waals surface area contributed by atoms with Gasteiger partial charge in [-0.1, -0.05) is 0 Å². The van der Waals surface area contributed by atoms with Crippen LogP contribution in [0.5, 0.6) is 11.8 Å². The standard InChI is InChI=1S/C12H8F2N2O3/c1-6-4-9(11(17)18)16-12(15-6)19-10-3-2-7(13)5-8(10)14/h2-5H,1H3,(H,17,18). The molecule has 19 heavy (non-hydrogen) atoms. The van der Waals surface area contributed by atoms with Crippen LogP contribution in [-0.2, 0) is 0 Å². The third kappa shape index (κ3) is 3.01. The Morgan fingerprint density at radius 1 is 1.26 bits per heavy atom. The lowest BCUT2D eigenvalue weighted by atomic mass is 10.3. The van der Waals surface area contributed by atoms with E-state index in [2.05, 4.69) is 9.97 Å². The van der Waals surface area contributed by atoms with Crippen LogP contribution in [0.3, 0.4) is 0 Å². The number of carboxylic acids is 1. The molecule has 2 aromatic rings. The van der Waals surface area contributed by atoms with Crippen LogP contribution in [0.25, 0.3) is 0 Å². The van der Waals surface area contributed by atoms with E-state index < -0.39 is 17.6 Å². The summed E-state index contributed by atoms with van der Waals surface area (Å²) in [6.07, 6.45) is 0. The van der Waals surface area contributed by atoms with E-state index in [0.717, 1.165) is 12.1 Å². The van der Waals surface area contributed by atoms with Crippen LogP contribution in [0.1, 0.15) is 16.2 Å². The lowest BCUT2D eigenvalue weighted by Crippen LogP contribution is -2.04. The molecule has 0 atom stereocenters. The van der Waals surface area contributed by atoms with Crippen LogP contribution < -0.4 is 4.74 Å². The zero-order valence-electron chi connectivity index (χ0n) is 9.72. The highest BCUT2D eigenvalue weighted by molar-refractivity contribution is 5.85. The van der Waals surface area contributed by atoms with Gasteiger partial charge in [0.2, 0.25) is 0 Å². The Labute approximate surface area is 106 Å². The van der Waals surface area contributed by atoms with E-state index in [9.17, 15) is 13.6 Å². The van der Waals surface area contributed by atoms with E-state index in [1.54, 1.807) is 6.92 Å². The number of carbonyl (C=O) groups is 1. The molecular weight excluding hydrogens is 258 g/mol. The predicted octanol–water partition coefficient (Wildman–Crippen LogP) is 2.55. The molecule has 0 unspecified atom stereocenters. The first-order valence-electron chi connectivity index (χ1n) is 5.17. The summed E-state index contributed by atoms with van der Waals surface area (Å²) in [7, 11) is 0. The van der Waals surface area contributed by atoms with Crippen molar-refractivity contribution >= 4 is 5.97 Å². The van der Waals surface area contributed by atoms with Crippen molar-refractivity contribution in [1.29, 1.82) is 0 Å². The summed E-state index contributed by atoms with van der Waals surface area (Å²) in [6, 6.07) is 3.64. The third-order valence-corrected chi connectivity index (χ3v) is 2.15. The van der Waals surface area contributed by atoms with Gasteiger partial charge < -0.3 is 9.84 Å². The molecule has 2 rings (SSSR count). The Morgan fingerprint density at radius 2 is 2.00 bits per heavy atom. The summed E-state index contributed by atoms with van der Waals surface area (Å²) in [5, 5.41) is 8.82. The van der Waals surface area contributed by atoms with Crippen molar-refractivity contribution < 1.29 is 23.4 Å². The molecular formula is C12H8F2N2O3. The monoisotopic (exact) mass is 266 g/mol. The summed E-state index contributed by atoms with van der Waals surface area (Å²) in [4.78, 5) is 18.2. The zero-order chi connectivity index (χ0) is 14.0. The molecule has 1 N–H and O–H groups in total. The summed E-state index contributed by atoms with van der Waals surface area (Å²) in [6.45, 7) is 1.54. The first kappa shape index (κ1) is 12.9. The van der Waals surface area contributed by atoms with E-state index in [1.807, 2.05) is 0 Å². The summed E-state index contributed by atoms with van der Waals surface area (Å²) in [5.41, 5.74) is 0.0786. The van der Waals surface area contributed by atoms with Gasteiger partial charge in [-0.15, -0.1) is 0 Å². The molecule has 0 aliphatic rings. The number of aromatic nitrogens is 2. The lowest BCUT2D eigenvalue weighted by molar-refractivity contribution is 0.0689. The van der Waals surface area contributed by atoms with Crippen LogP contribution in [0.15, 0.2) is 24.3 Å². The number of hydrogen-bond acceptors (Lipinski definition) is 4. The van der Waals surface area contributed by atoms with Gasteiger partial charge in [0.25, 0.3) is 0 Å². The van der Waals surface area contributed by atoms with E-state index in [4.69, 9.17) is 9.84 Å². The molecule has 0 aliphatic carbocycles. The van der Waals surface area contributed by atoms with Gasteiger partial charge >= 0.3 is 12.0 Å². The molecule has 7 heteroatoms. The van der Waals surface area contributed by atoms with Crippen molar-refractivity contribution in [3.8, 4) is 11.8 Å². The van der Waals surface area contributed by atoms with E-state index >= 15 is 0 Å². The topological polar surface area (TPSA) is 72.3 Å². The maximum atomic E-state index is 13.4. The SMILES string of the molecule is Cc1cc(C(=O)O)nc(Oc2ccc(F)cc2F)n1. The number of benzene rings is 1. The van der Waals surface area contributed by atoms with E-state index in [1.165, 1.54) is 6.07 Å². The molecule has 1 aromatic heterocycles. The molecule has 0 bridgehead atoms. The van der Waals surface area contributed by atoms with Crippen molar-refractivity contribution in [2.45, 2.75) is 6.92 Å². The minimum absolute atomic E-state index is 0.273. The minimum Gasteiger partial charge on any atom is -0.477 e. The summed E-state index contributed by atoms with van der Waals surface area (Å²) in [5.74, 6) is -3.22. The average Bonchev–Trinajstić information content (AvgIpc) is 2.32. The second kappa shape index (κ2) is 4.97. The number of rotatable bonds is 3. The summed E-state index contributed by atoms with van der Waals surface area (Å²) < 4.78 is 31.1. The van der Waals surface area contributed by atoms with E-state index in [0.29, 0.717) is 11.8 Å². The Kier molecular flexibility index (Phi) is 3.37. The van der Waals surface area contributed by atoms with Gasteiger partial charge in [0, 0.05) is 11.8 Å². The molecule has 0 saturated carbocycles. The fourth-order valence-corrected chi connectivity index (χ4v) is 1.35. The number of nitrogens with zero attached hydrogens (tertiary/aromatic N) is 2. The fraction of sp³-hybridized carbons (Fsp3) is 0.0833. The van der Waals surface area contributed by atoms with Crippen LogP contribution in [0.4, 0.5) is 8.78 Å². The third-order valence-electron chi connectivity index (χ3n) is 2.15. The predicted molar refractivity (Wildman–Crippen MR) is 60.2 cm³/mol. The first-order valence-corrected chi connectivity index (χ1v) is 5.17. The molecule has 98 valence electrons. The minimum atomic E-state index is -1.25. The highest BCUT2D eigenvalue weighted by atomic mass is 19.1. The van der Waals surface area contributed by atoms with Crippen molar-refractivity contribution in [2.75, 3.05) is 0 Å². The molecule has 0 saturated heterocycles. The maximum absolute atomic E-state index is 13.4. The first-order chi connectivity index (χ1) is 8.95. The average molecular weight is 266 g/mol. The molecule has 1 heterocycles. The maximum Gasteiger partial charge on any atom is 0.354 e. The second-order valence-electron chi connectivity index (χ2n) is 3.66. The number of hydrogen-bond donors (Lipinski definition) is 1. The van der Waals surface area contributed by atoms with E-state index in [-0.39, 0.29) is 17.5 Å². The van der Waals surface area contributed by atoms with Gasteiger partial charge in [-0.3, -0.25) is 0 Å². The van der Waals surface area contributed by atoms with Crippen LogP contribution in [-0.4, -0.2) is 21.0 Å². The van der Waals surface area contributed by atoms with Crippen molar-refractivity contribution in [3.05, 3.63) is 47.3 Å². The molecule has 0 aliphatic heterocycles. The van der Waals surface area contributed by atoms with Crippen LogP contribution >= 0.6 is 0 Å². The number of aromatic carboxylic acids is 1. The van der Waals surface area contributed by atoms with Crippen molar-refractivity contribution in [1.82, 2.24) is 9.97 Å². The quantitative estimate of drug-likeness (QED) is 0.924. The van der Waals surface area contributed by atoms with Crippen molar-refractivity contribution in [2.24, 2.45) is 0 Å². The Balaban J connectivity index is 2.35. The van der Waals surface area contributed by atoms with Crippen LogP contribution in [0, 0.1) is 18.6 Å². The molecule has 1 aromatic carbocycles.